The van der Waals surface area contributed by atoms with E-state index in [1.807, 2.05) is 32.9 Å². The summed E-state index contributed by atoms with van der Waals surface area (Å²) in [4.78, 5) is 24.3. The van der Waals surface area contributed by atoms with Gasteiger partial charge in [0.15, 0.2) is 6.61 Å². The van der Waals surface area contributed by atoms with E-state index in [1.54, 1.807) is 0 Å². The van der Waals surface area contributed by atoms with Crippen LogP contribution in [0.5, 0.6) is 0 Å². The number of esters is 1. The molecule has 0 aromatic heterocycles. The standard InChI is InChI=1S/C19H27NO3/c1-12-9-14(3)18(15(4)10-12)19(22)23-11-17(21)20-16-8-6-5-7-13(16)2/h9-10,13,16H,5-8,11H2,1-4H3,(H,20,21)/t13-,16+/m0/s1. The van der Waals surface area contributed by atoms with Crippen LogP contribution in [0.25, 0.3) is 0 Å². The van der Waals surface area contributed by atoms with Crippen LogP contribution < -0.4 is 5.32 Å². The number of carbonyl (C=O) groups is 2. The van der Waals surface area contributed by atoms with Crippen LogP contribution in [0.2, 0.25) is 0 Å². The lowest BCUT2D eigenvalue weighted by Crippen LogP contribution is -2.42. The zero-order valence-electron chi connectivity index (χ0n) is 14.6. The minimum atomic E-state index is -0.424. The molecular formula is C19H27NO3. The highest BCUT2D eigenvalue weighted by Gasteiger charge is 2.23. The van der Waals surface area contributed by atoms with Gasteiger partial charge in [-0.15, -0.1) is 0 Å². The molecule has 1 saturated carbocycles. The molecule has 4 nitrogen and oxygen atoms in total. The fourth-order valence-electron chi connectivity index (χ4n) is 3.48. The zero-order valence-corrected chi connectivity index (χ0v) is 14.6. The second kappa shape index (κ2) is 7.62. The third-order valence-corrected chi connectivity index (χ3v) is 4.67. The Labute approximate surface area is 138 Å². The molecule has 1 amide bonds. The molecule has 23 heavy (non-hydrogen) atoms. The highest BCUT2D eigenvalue weighted by atomic mass is 16.5. The number of hydrogen-bond acceptors (Lipinski definition) is 3. The lowest BCUT2D eigenvalue weighted by molar-refractivity contribution is -0.125. The van der Waals surface area contributed by atoms with Gasteiger partial charge in [0.1, 0.15) is 0 Å². The lowest BCUT2D eigenvalue weighted by Gasteiger charge is -2.29. The lowest BCUT2D eigenvalue weighted by atomic mass is 9.86. The number of carbonyl (C=O) groups excluding carboxylic acids is 2. The Bertz CT molecular complexity index is 571. The van der Waals surface area contributed by atoms with Crippen molar-refractivity contribution in [2.45, 2.75) is 59.4 Å². The maximum atomic E-state index is 12.3. The molecule has 0 spiro atoms. The first-order chi connectivity index (χ1) is 10.9. The van der Waals surface area contributed by atoms with E-state index in [4.69, 9.17) is 4.74 Å². The van der Waals surface area contributed by atoms with Crippen LogP contribution in [0.1, 0.15) is 59.7 Å². The summed E-state index contributed by atoms with van der Waals surface area (Å²) < 4.78 is 5.22. The summed E-state index contributed by atoms with van der Waals surface area (Å²) in [5.74, 6) is -0.142. The van der Waals surface area contributed by atoms with Crippen molar-refractivity contribution in [3.05, 3.63) is 34.4 Å². The van der Waals surface area contributed by atoms with E-state index in [0.717, 1.165) is 36.0 Å². The molecule has 1 fully saturated rings. The van der Waals surface area contributed by atoms with Crippen molar-refractivity contribution in [1.82, 2.24) is 5.32 Å². The van der Waals surface area contributed by atoms with Crippen molar-refractivity contribution >= 4 is 11.9 Å². The van der Waals surface area contributed by atoms with Crippen LogP contribution in [-0.4, -0.2) is 24.5 Å². The number of ether oxygens (including phenoxy) is 1. The third kappa shape index (κ3) is 4.57. The van der Waals surface area contributed by atoms with Gasteiger partial charge in [0.2, 0.25) is 0 Å². The first-order valence-corrected chi connectivity index (χ1v) is 8.43. The first-order valence-electron chi connectivity index (χ1n) is 8.43. The molecule has 1 aromatic rings. The Morgan fingerprint density at radius 1 is 1.13 bits per heavy atom. The van der Waals surface area contributed by atoms with Crippen molar-refractivity contribution in [3.63, 3.8) is 0 Å². The Morgan fingerprint density at radius 3 is 2.35 bits per heavy atom. The Balaban J connectivity index is 1.90. The van der Waals surface area contributed by atoms with Crippen molar-refractivity contribution in [3.8, 4) is 0 Å². The molecule has 1 N–H and O–H groups in total. The smallest absolute Gasteiger partial charge is 0.339 e. The van der Waals surface area contributed by atoms with Gasteiger partial charge in [-0.3, -0.25) is 4.79 Å². The molecule has 1 aliphatic rings. The maximum Gasteiger partial charge on any atom is 0.339 e. The van der Waals surface area contributed by atoms with Crippen molar-refractivity contribution < 1.29 is 14.3 Å². The van der Waals surface area contributed by atoms with E-state index < -0.39 is 5.97 Å². The zero-order chi connectivity index (χ0) is 17.0. The van der Waals surface area contributed by atoms with Gasteiger partial charge in [0, 0.05) is 6.04 Å². The van der Waals surface area contributed by atoms with Gasteiger partial charge in [-0.1, -0.05) is 37.5 Å². The number of aryl methyl sites for hydroxylation is 3. The van der Waals surface area contributed by atoms with Crippen LogP contribution in [0.3, 0.4) is 0 Å². The van der Waals surface area contributed by atoms with Gasteiger partial charge in [-0.2, -0.15) is 0 Å². The summed E-state index contributed by atoms with van der Waals surface area (Å²) in [6.07, 6.45) is 4.54. The van der Waals surface area contributed by atoms with E-state index in [2.05, 4.69) is 12.2 Å². The van der Waals surface area contributed by atoms with Gasteiger partial charge in [0.05, 0.1) is 5.56 Å². The SMILES string of the molecule is Cc1cc(C)c(C(=O)OCC(=O)N[C@@H]2CCCC[C@@H]2C)c(C)c1. The molecule has 0 unspecified atom stereocenters. The first kappa shape index (κ1) is 17.5. The van der Waals surface area contributed by atoms with Gasteiger partial charge < -0.3 is 10.1 Å². The molecule has 2 rings (SSSR count). The second-order valence-corrected chi connectivity index (χ2v) is 6.79. The van der Waals surface area contributed by atoms with E-state index in [-0.39, 0.29) is 18.6 Å². The number of rotatable bonds is 4. The molecule has 0 aliphatic heterocycles. The quantitative estimate of drug-likeness (QED) is 0.865. The van der Waals surface area contributed by atoms with Crippen LogP contribution in [0.15, 0.2) is 12.1 Å². The highest BCUT2D eigenvalue weighted by molar-refractivity contribution is 5.94. The van der Waals surface area contributed by atoms with Crippen LogP contribution >= 0.6 is 0 Å². The fraction of sp³-hybridized carbons (Fsp3) is 0.579. The van der Waals surface area contributed by atoms with E-state index in [1.165, 1.54) is 6.42 Å². The normalized spacial score (nSPS) is 20.9. The Kier molecular flexibility index (Phi) is 5.80. The van der Waals surface area contributed by atoms with Crippen LogP contribution in [0, 0.1) is 26.7 Å². The molecule has 2 atom stereocenters. The predicted molar refractivity (Wildman–Crippen MR) is 90.5 cm³/mol. The summed E-state index contributed by atoms with van der Waals surface area (Å²) in [5.41, 5.74) is 3.44. The van der Waals surface area contributed by atoms with E-state index >= 15 is 0 Å². The minimum Gasteiger partial charge on any atom is -0.452 e. The Morgan fingerprint density at radius 2 is 1.74 bits per heavy atom. The summed E-state index contributed by atoms with van der Waals surface area (Å²) in [7, 11) is 0. The molecular weight excluding hydrogens is 290 g/mol. The monoisotopic (exact) mass is 317 g/mol. The largest absolute Gasteiger partial charge is 0.452 e. The average Bonchev–Trinajstić information content (AvgIpc) is 2.46. The fourth-order valence-corrected chi connectivity index (χ4v) is 3.48. The number of hydrogen-bond donors (Lipinski definition) is 1. The summed E-state index contributed by atoms with van der Waals surface area (Å²) in [5, 5.41) is 3.00. The van der Waals surface area contributed by atoms with Crippen LogP contribution in [-0.2, 0) is 9.53 Å². The van der Waals surface area contributed by atoms with Crippen LogP contribution in [0.4, 0.5) is 0 Å². The van der Waals surface area contributed by atoms with Crippen molar-refractivity contribution in [2.75, 3.05) is 6.61 Å². The van der Waals surface area contributed by atoms with Crippen molar-refractivity contribution in [2.24, 2.45) is 5.92 Å². The molecule has 1 aromatic carbocycles. The number of nitrogens with one attached hydrogen (secondary N) is 1. The molecule has 4 heteroatoms. The molecule has 0 radical (unpaired) electrons. The van der Waals surface area contributed by atoms with Gasteiger partial charge in [-0.25, -0.2) is 4.79 Å². The summed E-state index contributed by atoms with van der Waals surface area (Å²) >= 11 is 0. The topological polar surface area (TPSA) is 55.4 Å². The van der Waals surface area contributed by atoms with Gasteiger partial charge in [-0.05, 0) is 50.7 Å². The third-order valence-electron chi connectivity index (χ3n) is 4.67. The average molecular weight is 317 g/mol. The highest BCUT2D eigenvalue weighted by Crippen LogP contribution is 2.23. The molecule has 126 valence electrons. The van der Waals surface area contributed by atoms with E-state index in [0.29, 0.717) is 11.5 Å². The van der Waals surface area contributed by atoms with Gasteiger partial charge in [0.25, 0.3) is 5.91 Å². The van der Waals surface area contributed by atoms with Crippen molar-refractivity contribution in [1.29, 1.82) is 0 Å². The summed E-state index contributed by atoms with van der Waals surface area (Å²) in [6.45, 7) is 7.72. The second-order valence-electron chi connectivity index (χ2n) is 6.79. The number of amides is 1. The molecule has 0 saturated heterocycles. The predicted octanol–water partition coefficient (Wildman–Crippen LogP) is 3.46. The minimum absolute atomic E-state index is 0.206. The maximum absolute atomic E-state index is 12.3. The van der Waals surface area contributed by atoms with E-state index in [9.17, 15) is 9.59 Å². The summed E-state index contributed by atoms with van der Waals surface area (Å²) in [6, 6.07) is 4.11. The van der Waals surface area contributed by atoms with Gasteiger partial charge >= 0.3 is 5.97 Å². The molecule has 0 bridgehead atoms. The number of benzene rings is 1. The molecule has 1 aliphatic carbocycles. The Hall–Kier alpha value is -1.84. The molecule has 0 heterocycles.